The number of hydrogen-bond acceptors (Lipinski definition) is 5. The smallest absolute Gasteiger partial charge is 0.240 e. The number of hydrogen-bond donors (Lipinski definition) is 1. The van der Waals surface area contributed by atoms with Gasteiger partial charge in [0, 0.05) is 11.6 Å². The van der Waals surface area contributed by atoms with E-state index in [-0.39, 0.29) is 5.95 Å². The molecule has 0 aliphatic carbocycles. The van der Waals surface area contributed by atoms with Crippen molar-refractivity contribution in [3.8, 4) is 11.8 Å². The van der Waals surface area contributed by atoms with Crippen molar-refractivity contribution in [2.75, 3.05) is 5.73 Å². The lowest BCUT2D eigenvalue weighted by atomic mass is 10.1. The summed E-state index contributed by atoms with van der Waals surface area (Å²) in [6.45, 7) is 0. The average Bonchev–Trinajstić information content (AvgIpc) is 2.76. The quantitative estimate of drug-likeness (QED) is 0.741. The number of rotatable bonds is 1. The second-order valence-corrected chi connectivity index (χ2v) is 4.51. The van der Waals surface area contributed by atoms with Crippen molar-refractivity contribution >= 4 is 32.8 Å². The summed E-state index contributed by atoms with van der Waals surface area (Å²) in [7, 11) is 0. The maximum absolute atomic E-state index is 9.24. The molecule has 0 bridgehead atoms. The van der Waals surface area contributed by atoms with Crippen LogP contribution in [0.4, 0.5) is 5.95 Å². The van der Waals surface area contributed by atoms with Crippen molar-refractivity contribution in [1.82, 2.24) is 19.7 Å². The van der Waals surface area contributed by atoms with Gasteiger partial charge in [-0.05, 0) is 22.0 Å². The lowest BCUT2D eigenvalue weighted by Crippen LogP contribution is -2.03. The molecular weight excluding hydrogens is 308 g/mol. The van der Waals surface area contributed by atoms with Crippen LogP contribution in [0.25, 0.3) is 16.6 Å². The average molecular weight is 315 g/mol. The predicted octanol–water partition coefficient (Wildman–Crippen LogP) is 2.03. The summed E-state index contributed by atoms with van der Waals surface area (Å²) >= 11 is 3.28. The highest BCUT2D eigenvalue weighted by atomic mass is 79.9. The summed E-state index contributed by atoms with van der Waals surface area (Å²) in [5, 5.41) is 14.1. The van der Waals surface area contributed by atoms with E-state index in [1.54, 1.807) is 0 Å². The zero-order valence-electron chi connectivity index (χ0n) is 9.58. The van der Waals surface area contributed by atoms with Crippen molar-refractivity contribution in [2.24, 2.45) is 0 Å². The molecule has 3 aromatic rings. The van der Waals surface area contributed by atoms with Gasteiger partial charge in [0.25, 0.3) is 0 Å². The van der Waals surface area contributed by atoms with Crippen LogP contribution in [0.1, 0.15) is 5.56 Å². The number of fused-ring (bicyclic) bond motifs is 1. The summed E-state index contributed by atoms with van der Waals surface area (Å²) in [6.07, 6.45) is 1.52. The molecule has 92 valence electrons. The number of aromatic nitrogens is 4. The van der Waals surface area contributed by atoms with Crippen LogP contribution in [0.2, 0.25) is 0 Å². The van der Waals surface area contributed by atoms with Crippen LogP contribution >= 0.6 is 15.9 Å². The SMILES string of the molecule is N#Cc1cnc2ccccc2c1-n1nc(N)nc1Br. The minimum absolute atomic E-state index is 0.136. The number of pyridine rings is 1. The fourth-order valence-corrected chi connectivity index (χ4v) is 2.33. The number of anilines is 1. The van der Waals surface area contributed by atoms with Gasteiger partial charge in [-0.1, -0.05) is 18.2 Å². The highest BCUT2D eigenvalue weighted by Crippen LogP contribution is 2.26. The Labute approximate surface area is 116 Å². The fraction of sp³-hybridized carbons (Fsp3) is 0. The van der Waals surface area contributed by atoms with Gasteiger partial charge in [-0.15, -0.1) is 5.10 Å². The number of benzene rings is 1. The van der Waals surface area contributed by atoms with Crippen molar-refractivity contribution in [1.29, 1.82) is 5.26 Å². The molecule has 2 heterocycles. The van der Waals surface area contributed by atoms with E-state index in [0.717, 1.165) is 10.9 Å². The molecule has 0 radical (unpaired) electrons. The summed E-state index contributed by atoms with van der Waals surface area (Å²) < 4.78 is 1.94. The molecule has 0 aliphatic heterocycles. The number of nitrogens with zero attached hydrogens (tertiary/aromatic N) is 5. The van der Waals surface area contributed by atoms with Crippen molar-refractivity contribution in [2.45, 2.75) is 0 Å². The van der Waals surface area contributed by atoms with Crippen molar-refractivity contribution in [3.63, 3.8) is 0 Å². The van der Waals surface area contributed by atoms with E-state index < -0.39 is 0 Å². The molecule has 0 unspecified atom stereocenters. The Kier molecular flexibility index (Phi) is 2.65. The molecule has 0 spiro atoms. The maximum atomic E-state index is 9.24. The van der Waals surface area contributed by atoms with E-state index in [9.17, 15) is 5.26 Å². The Hall–Kier alpha value is -2.46. The van der Waals surface area contributed by atoms with Gasteiger partial charge < -0.3 is 5.73 Å². The van der Waals surface area contributed by atoms with Gasteiger partial charge in [0.05, 0.1) is 16.8 Å². The standard InChI is InChI=1S/C12H7BrN6/c13-11-17-12(15)18-19(11)10-7(5-14)6-16-9-4-2-1-3-8(9)10/h1-4,6H,(H2,15,18). The number of nitrogen functional groups attached to an aromatic ring is 1. The topological polar surface area (TPSA) is 93.4 Å². The zero-order chi connectivity index (χ0) is 13.4. The van der Waals surface area contributed by atoms with E-state index in [1.807, 2.05) is 24.3 Å². The van der Waals surface area contributed by atoms with Gasteiger partial charge >= 0.3 is 0 Å². The van der Waals surface area contributed by atoms with E-state index >= 15 is 0 Å². The van der Waals surface area contributed by atoms with E-state index in [2.05, 4.69) is 37.1 Å². The van der Waals surface area contributed by atoms with Gasteiger partial charge in [0.2, 0.25) is 10.7 Å². The van der Waals surface area contributed by atoms with Gasteiger partial charge in [0.1, 0.15) is 6.07 Å². The number of halogens is 1. The summed E-state index contributed by atoms with van der Waals surface area (Å²) in [5.74, 6) is 0.136. The molecule has 2 aromatic heterocycles. The second kappa shape index (κ2) is 4.33. The Morgan fingerprint density at radius 1 is 1.32 bits per heavy atom. The van der Waals surface area contributed by atoms with E-state index in [1.165, 1.54) is 10.9 Å². The molecule has 2 N–H and O–H groups in total. The third-order valence-corrected chi connectivity index (χ3v) is 3.18. The Morgan fingerprint density at radius 3 is 2.79 bits per heavy atom. The first-order chi connectivity index (χ1) is 9.20. The normalized spacial score (nSPS) is 10.5. The fourth-order valence-electron chi connectivity index (χ4n) is 1.89. The van der Waals surface area contributed by atoms with Crippen LogP contribution in [0.5, 0.6) is 0 Å². The third kappa shape index (κ3) is 1.82. The summed E-state index contributed by atoms with van der Waals surface area (Å²) in [5.41, 5.74) is 7.38. The van der Waals surface area contributed by atoms with Gasteiger partial charge in [-0.3, -0.25) is 4.98 Å². The molecular formula is C12H7BrN6. The van der Waals surface area contributed by atoms with Gasteiger partial charge in [-0.25, -0.2) is 4.68 Å². The summed E-state index contributed by atoms with van der Waals surface area (Å²) in [6, 6.07) is 9.62. The first-order valence-electron chi connectivity index (χ1n) is 5.37. The molecule has 6 nitrogen and oxygen atoms in total. The number of para-hydroxylation sites is 1. The molecule has 0 atom stereocenters. The van der Waals surface area contributed by atoms with Gasteiger partial charge in [0.15, 0.2) is 0 Å². The first kappa shape index (κ1) is 11.6. The van der Waals surface area contributed by atoms with Gasteiger partial charge in [-0.2, -0.15) is 10.2 Å². The monoisotopic (exact) mass is 314 g/mol. The molecule has 1 aromatic carbocycles. The molecule has 0 saturated carbocycles. The molecule has 19 heavy (non-hydrogen) atoms. The highest BCUT2D eigenvalue weighted by Gasteiger charge is 2.15. The van der Waals surface area contributed by atoms with Crippen LogP contribution in [0.15, 0.2) is 35.2 Å². The Bertz CT molecular complexity index is 817. The molecule has 7 heteroatoms. The number of nitriles is 1. The molecule has 0 aliphatic rings. The number of nitrogens with two attached hydrogens (primary N) is 1. The van der Waals surface area contributed by atoms with Crippen LogP contribution < -0.4 is 5.73 Å². The lowest BCUT2D eigenvalue weighted by molar-refractivity contribution is 0.862. The van der Waals surface area contributed by atoms with E-state index in [0.29, 0.717) is 16.0 Å². The van der Waals surface area contributed by atoms with E-state index in [4.69, 9.17) is 5.73 Å². The predicted molar refractivity (Wildman–Crippen MR) is 73.5 cm³/mol. The minimum Gasteiger partial charge on any atom is -0.366 e. The maximum Gasteiger partial charge on any atom is 0.240 e. The Morgan fingerprint density at radius 2 is 2.11 bits per heavy atom. The molecule has 0 saturated heterocycles. The van der Waals surface area contributed by atoms with Crippen LogP contribution in [-0.4, -0.2) is 19.7 Å². The molecule has 0 fully saturated rings. The van der Waals surface area contributed by atoms with Crippen molar-refractivity contribution in [3.05, 3.63) is 40.8 Å². The summed E-state index contributed by atoms with van der Waals surface area (Å²) in [4.78, 5) is 8.23. The largest absolute Gasteiger partial charge is 0.366 e. The molecule has 0 amide bonds. The molecule has 3 rings (SSSR count). The van der Waals surface area contributed by atoms with Crippen molar-refractivity contribution < 1.29 is 0 Å². The van der Waals surface area contributed by atoms with Crippen LogP contribution in [0, 0.1) is 11.3 Å². The Balaban J connectivity index is 2.44. The first-order valence-corrected chi connectivity index (χ1v) is 6.16. The van der Waals surface area contributed by atoms with Crippen LogP contribution in [0.3, 0.4) is 0 Å². The third-order valence-electron chi connectivity index (χ3n) is 2.66. The highest BCUT2D eigenvalue weighted by molar-refractivity contribution is 9.10. The zero-order valence-corrected chi connectivity index (χ0v) is 11.2. The van der Waals surface area contributed by atoms with Crippen LogP contribution in [-0.2, 0) is 0 Å². The lowest BCUT2D eigenvalue weighted by Gasteiger charge is -2.08. The minimum atomic E-state index is 0.136. The second-order valence-electron chi connectivity index (χ2n) is 3.80.